The topological polar surface area (TPSA) is 72.9 Å². The third-order valence-electron chi connectivity index (χ3n) is 4.89. The summed E-state index contributed by atoms with van der Waals surface area (Å²) < 4.78 is 33.0. The summed E-state index contributed by atoms with van der Waals surface area (Å²) in [4.78, 5) is 13.9. The molecule has 1 aliphatic heterocycles. The average Bonchev–Trinajstić information content (AvgIpc) is 2.45. The Bertz CT molecular complexity index is 524. The lowest BCUT2D eigenvalue weighted by molar-refractivity contribution is 0.0134. The molecule has 1 saturated heterocycles. The number of hydrogen-bond acceptors (Lipinski definition) is 5. The molecule has 0 radical (unpaired) electrons. The van der Waals surface area contributed by atoms with E-state index >= 15 is 0 Å². The van der Waals surface area contributed by atoms with E-state index in [0.717, 1.165) is 57.9 Å². The van der Waals surface area contributed by atoms with Gasteiger partial charge in [-0.2, -0.15) is 8.42 Å². The Morgan fingerprint density at radius 1 is 0.958 bits per heavy atom. The minimum atomic E-state index is -3.36. The minimum Gasteiger partial charge on any atom is -0.444 e. The second-order valence-corrected chi connectivity index (χ2v) is 9.74. The lowest BCUT2D eigenvalue weighted by atomic mass is 9.75. The molecule has 1 aliphatic carbocycles. The third kappa shape index (κ3) is 6.24. The highest BCUT2D eigenvalue weighted by molar-refractivity contribution is 7.86. The smallest absolute Gasteiger partial charge is 0.410 e. The van der Waals surface area contributed by atoms with Crippen LogP contribution in [0.25, 0.3) is 0 Å². The first-order valence-electron chi connectivity index (χ1n) is 8.90. The van der Waals surface area contributed by atoms with Gasteiger partial charge in [0.25, 0.3) is 10.1 Å². The molecular weight excluding hydrogens is 330 g/mol. The fourth-order valence-corrected chi connectivity index (χ4v) is 4.47. The van der Waals surface area contributed by atoms with Gasteiger partial charge in [0.2, 0.25) is 0 Å². The molecule has 0 aromatic carbocycles. The molecule has 1 amide bonds. The summed E-state index contributed by atoms with van der Waals surface area (Å²) in [7, 11) is -3.36. The lowest BCUT2D eigenvalue weighted by Gasteiger charge is -2.39. The van der Waals surface area contributed by atoms with E-state index in [4.69, 9.17) is 8.92 Å². The molecule has 2 aliphatic rings. The van der Waals surface area contributed by atoms with E-state index in [0.29, 0.717) is 11.8 Å². The maximum absolute atomic E-state index is 12.1. The first-order valence-corrected chi connectivity index (χ1v) is 10.7. The summed E-state index contributed by atoms with van der Waals surface area (Å²) in [6.45, 7) is 7.15. The van der Waals surface area contributed by atoms with Crippen LogP contribution in [0.15, 0.2) is 0 Å². The molecule has 6 nitrogen and oxygen atoms in total. The van der Waals surface area contributed by atoms with Crippen molar-refractivity contribution in [2.75, 3.05) is 19.3 Å². The monoisotopic (exact) mass is 361 g/mol. The van der Waals surface area contributed by atoms with Crippen LogP contribution >= 0.6 is 0 Å². The van der Waals surface area contributed by atoms with Gasteiger partial charge in [0.1, 0.15) is 5.60 Å². The first kappa shape index (κ1) is 19.5. The summed E-state index contributed by atoms with van der Waals surface area (Å²) in [6, 6.07) is 0. The van der Waals surface area contributed by atoms with Crippen LogP contribution in [-0.4, -0.2) is 50.5 Å². The highest BCUT2D eigenvalue weighted by atomic mass is 32.2. The fraction of sp³-hybridized carbons (Fsp3) is 0.941. The number of carbonyl (C=O) groups is 1. The zero-order chi connectivity index (χ0) is 18.0. The Labute approximate surface area is 146 Å². The number of carbonyl (C=O) groups excluding carboxylic acids is 1. The zero-order valence-electron chi connectivity index (χ0n) is 15.3. The number of nitrogens with zero attached hydrogens (tertiary/aromatic N) is 1. The molecule has 7 heteroatoms. The van der Waals surface area contributed by atoms with Crippen LogP contribution in [0.3, 0.4) is 0 Å². The number of likely N-dealkylation sites (tertiary alicyclic amines) is 1. The van der Waals surface area contributed by atoms with Gasteiger partial charge in [-0.25, -0.2) is 4.79 Å². The van der Waals surface area contributed by atoms with E-state index in [1.165, 1.54) is 0 Å². The zero-order valence-corrected chi connectivity index (χ0v) is 16.1. The molecule has 0 aromatic rings. The van der Waals surface area contributed by atoms with Crippen LogP contribution in [0.5, 0.6) is 0 Å². The normalized spacial score (nSPS) is 27.1. The predicted molar refractivity (Wildman–Crippen MR) is 92.2 cm³/mol. The van der Waals surface area contributed by atoms with Crippen LogP contribution in [0.4, 0.5) is 4.79 Å². The maximum atomic E-state index is 12.1. The number of piperidine rings is 1. The van der Waals surface area contributed by atoms with Crippen molar-refractivity contribution in [2.24, 2.45) is 11.8 Å². The highest BCUT2D eigenvalue weighted by Gasteiger charge is 2.33. The molecule has 140 valence electrons. The molecular formula is C17H31NO5S. The number of amides is 1. The summed E-state index contributed by atoms with van der Waals surface area (Å²) in [5, 5.41) is 0. The summed E-state index contributed by atoms with van der Waals surface area (Å²) >= 11 is 0. The van der Waals surface area contributed by atoms with E-state index in [9.17, 15) is 13.2 Å². The van der Waals surface area contributed by atoms with Crippen molar-refractivity contribution in [3.8, 4) is 0 Å². The van der Waals surface area contributed by atoms with Crippen molar-refractivity contribution in [2.45, 2.75) is 71.0 Å². The van der Waals surface area contributed by atoms with Crippen molar-refractivity contribution in [1.29, 1.82) is 0 Å². The van der Waals surface area contributed by atoms with E-state index < -0.39 is 15.7 Å². The average molecular weight is 362 g/mol. The number of ether oxygens (including phenoxy) is 1. The van der Waals surface area contributed by atoms with E-state index in [1.807, 2.05) is 20.8 Å². The van der Waals surface area contributed by atoms with Crippen molar-refractivity contribution in [3.05, 3.63) is 0 Å². The fourth-order valence-electron chi connectivity index (χ4n) is 3.78. The van der Waals surface area contributed by atoms with Gasteiger partial charge in [-0.3, -0.25) is 4.18 Å². The second kappa shape index (κ2) is 7.60. The van der Waals surface area contributed by atoms with Gasteiger partial charge >= 0.3 is 6.09 Å². The van der Waals surface area contributed by atoms with Crippen LogP contribution in [-0.2, 0) is 19.0 Å². The lowest BCUT2D eigenvalue weighted by Crippen LogP contribution is -2.43. The number of hydrogen-bond donors (Lipinski definition) is 0. The molecule has 24 heavy (non-hydrogen) atoms. The molecule has 0 N–H and O–H groups in total. The van der Waals surface area contributed by atoms with Crippen molar-refractivity contribution in [1.82, 2.24) is 4.90 Å². The summed E-state index contributed by atoms with van der Waals surface area (Å²) in [6.07, 6.45) is 6.39. The van der Waals surface area contributed by atoms with Gasteiger partial charge in [-0.15, -0.1) is 0 Å². The van der Waals surface area contributed by atoms with E-state index in [-0.39, 0.29) is 12.2 Å². The molecule has 0 atom stereocenters. The minimum absolute atomic E-state index is 0.155. The van der Waals surface area contributed by atoms with Gasteiger partial charge in [-0.05, 0) is 71.1 Å². The SMILES string of the molecule is CC(C)(C)OC(=O)N1CCC(C2CCC(OS(C)(=O)=O)CC2)CC1. The Morgan fingerprint density at radius 3 is 1.92 bits per heavy atom. The quantitative estimate of drug-likeness (QED) is 0.722. The Hall–Kier alpha value is -0.820. The standard InChI is InChI=1S/C17H31NO5S/c1-17(2,3)22-16(19)18-11-9-14(10-12-18)13-5-7-15(8-6-13)23-24(4,20)21/h13-15H,5-12H2,1-4H3. The van der Waals surface area contributed by atoms with Crippen molar-refractivity contribution in [3.63, 3.8) is 0 Å². The van der Waals surface area contributed by atoms with Crippen LogP contribution in [0.1, 0.15) is 59.3 Å². The molecule has 0 aromatic heterocycles. The molecule has 1 saturated carbocycles. The van der Waals surface area contributed by atoms with Crippen molar-refractivity contribution >= 4 is 16.2 Å². The van der Waals surface area contributed by atoms with Crippen molar-refractivity contribution < 1.29 is 22.1 Å². The molecule has 1 heterocycles. The third-order valence-corrected chi connectivity index (χ3v) is 5.51. The van der Waals surface area contributed by atoms with Gasteiger partial charge < -0.3 is 9.64 Å². The largest absolute Gasteiger partial charge is 0.444 e. The van der Waals surface area contributed by atoms with Gasteiger partial charge in [0, 0.05) is 13.1 Å². The summed E-state index contributed by atoms with van der Waals surface area (Å²) in [5.74, 6) is 1.23. The molecule has 2 rings (SSSR count). The van der Waals surface area contributed by atoms with Gasteiger partial charge in [-0.1, -0.05) is 0 Å². The van der Waals surface area contributed by atoms with Crippen LogP contribution < -0.4 is 0 Å². The first-order chi connectivity index (χ1) is 11.0. The number of rotatable bonds is 3. The molecule has 0 spiro atoms. The Balaban J connectivity index is 1.75. The van der Waals surface area contributed by atoms with Crippen LogP contribution in [0, 0.1) is 11.8 Å². The summed E-state index contributed by atoms with van der Waals surface area (Å²) in [5.41, 5.74) is -0.452. The molecule has 2 fully saturated rings. The van der Waals surface area contributed by atoms with Gasteiger partial charge in [0.15, 0.2) is 0 Å². The van der Waals surface area contributed by atoms with Gasteiger partial charge in [0.05, 0.1) is 12.4 Å². The Morgan fingerprint density at radius 2 is 1.46 bits per heavy atom. The van der Waals surface area contributed by atoms with Crippen LogP contribution in [0.2, 0.25) is 0 Å². The predicted octanol–water partition coefficient (Wildman–Crippen LogP) is 3.17. The second-order valence-electron chi connectivity index (χ2n) is 8.14. The van der Waals surface area contributed by atoms with E-state index in [1.54, 1.807) is 4.90 Å². The Kier molecular flexibility index (Phi) is 6.18. The van der Waals surface area contributed by atoms with E-state index in [2.05, 4.69) is 0 Å². The maximum Gasteiger partial charge on any atom is 0.410 e. The molecule has 0 unspecified atom stereocenters. The highest BCUT2D eigenvalue weighted by Crippen LogP contribution is 2.37. The molecule has 0 bridgehead atoms.